The molecule has 0 spiro atoms. The second kappa shape index (κ2) is 11.1. The maximum Gasteiger partial charge on any atom is 0.414 e. The number of rotatable bonds is 10. The van der Waals surface area contributed by atoms with Crippen molar-refractivity contribution in [2.24, 2.45) is 16.7 Å². The predicted octanol–water partition coefficient (Wildman–Crippen LogP) is 6.31. The lowest BCUT2D eigenvalue weighted by Gasteiger charge is -2.57. The van der Waals surface area contributed by atoms with E-state index in [1.165, 1.54) is 5.56 Å². The highest BCUT2D eigenvalue weighted by atomic mass is 32.2. The number of hydrogen-bond donors (Lipinski definition) is 4. The van der Waals surface area contributed by atoms with E-state index in [-0.39, 0.29) is 29.3 Å². The third kappa shape index (κ3) is 6.08. The number of aliphatic hydroxyl groups excluding tert-OH is 2. The van der Waals surface area contributed by atoms with E-state index in [1.54, 1.807) is 6.07 Å². The van der Waals surface area contributed by atoms with Gasteiger partial charge < -0.3 is 10.2 Å². The largest absolute Gasteiger partial charge is 0.414 e. The molecule has 4 unspecified atom stereocenters. The molecule has 4 rings (SSSR count). The Morgan fingerprint density at radius 1 is 1.13 bits per heavy atom. The van der Waals surface area contributed by atoms with E-state index in [0.717, 1.165) is 63.4 Å². The SMILES string of the molecule is C[C@]12CCC3c4ccc(NS(=O)(=O)O)cc4CCC3(C=CCCCCCCC(O)C(F)(F)F)C1CC[C@@H]2O. The normalized spacial score (nSPS) is 32.0. The molecule has 0 bridgehead atoms. The first kappa shape index (κ1) is 29.4. The van der Waals surface area contributed by atoms with Gasteiger partial charge in [0, 0.05) is 0 Å². The fraction of sp³-hybridized carbons (Fsp3) is 0.714. The molecular formula is C28H40F3NO5S. The molecule has 1 aromatic carbocycles. The van der Waals surface area contributed by atoms with Gasteiger partial charge in [-0.25, -0.2) is 0 Å². The van der Waals surface area contributed by atoms with E-state index in [2.05, 4.69) is 23.8 Å². The minimum Gasteiger partial charge on any atom is -0.393 e. The van der Waals surface area contributed by atoms with Gasteiger partial charge in [-0.1, -0.05) is 44.4 Å². The van der Waals surface area contributed by atoms with Crippen molar-refractivity contribution in [3.63, 3.8) is 0 Å². The van der Waals surface area contributed by atoms with Crippen LogP contribution >= 0.6 is 0 Å². The number of unbranched alkanes of at least 4 members (excludes halogenated alkanes) is 4. The minimum absolute atomic E-state index is 0.119. The fourth-order valence-corrected chi connectivity index (χ4v) is 8.09. The van der Waals surface area contributed by atoms with Crippen molar-refractivity contribution in [1.29, 1.82) is 0 Å². The third-order valence-electron chi connectivity index (χ3n) is 9.55. The van der Waals surface area contributed by atoms with Crippen LogP contribution in [0.1, 0.15) is 94.6 Å². The van der Waals surface area contributed by atoms with Crippen molar-refractivity contribution in [1.82, 2.24) is 0 Å². The number of aliphatic hydroxyl groups is 2. The number of halogens is 3. The molecule has 0 heterocycles. The summed E-state index contributed by atoms with van der Waals surface area (Å²) in [7, 11) is -4.35. The van der Waals surface area contributed by atoms with Crippen LogP contribution in [-0.2, 0) is 16.7 Å². The van der Waals surface area contributed by atoms with Gasteiger partial charge in [0.15, 0.2) is 0 Å². The van der Waals surface area contributed by atoms with Gasteiger partial charge in [-0.05, 0) is 104 Å². The molecule has 10 heteroatoms. The monoisotopic (exact) mass is 559 g/mol. The molecule has 1 aromatic rings. The highest BCUT2D eigenvalue weighted by Crippen LogP contribution is 2.67. The summed E-state index contributed by atoms with van der Waals surface area (Å²) in [5.41, 5.74) is 2.36. The molecule has 4 N–H and O–H groups in total. The van der Waals surface area contributed by atoms with Crippen LogP contribution in [-0.4, -0.2) is 41.6 Å². The van der Waals surface area contributed by atoms with Crippen LogP contribution in [0.3, 0.4) is 0 Å². The Bertz CT molecular complexity index is 1120. The average molecular weight is 560 g/mol. The summed E-state index contributed by atoms with van der Waals surface area (Å²) in [5.74, 6) is 0.571. The van der Waals surface area contributed by atoms with E-state index in [1.807, 2.05) is 12.1 Å². The Balaban J connectivity index is 1.46. The number of hydrogen-bond acceptors (Lipinski definition) is 4. The number of benzene rings is 1. The summed E-state index contributed by atoms with van der Waals surface area (Å²) in [5, 5.41) is 20.0. The Kier molecular flexibility index (Phi) is 8.58. The van der Waals surface area contributed by atoms with Crippen LogP contribution < -0.4 is 4.72 Å². The average Bonchev–Trinajstić information content (AvgIpc) is 3.13. The maximum atomic E-state index is 12.4. The maximum absolute atomic E-state index is 12.4. The quantitative estimate of drug-likeness (QED) is 0.153. The molecule has 0 saturated heterocycles. The molecule has 0 aromatic heterocycles. The van der Waals surface area contributed by atoms with Gasteiger partial charge in [0.05, 0.1) is 11.8 Å². The Labute approximate surface area is 223 Å². The molecule has 6 atom stereocenters. The number of aryl methyl sites for hydroxylation is 1. The molecule has 2 fully saturated rings. The van der Waals surface area contributed by atoms with Crippen LogP contribution in [0, 0.1) is 16.7 Å². The van der Waals surface area contributed by atoms with Crippen molar-refractivity contribution in [2.75, 3.05) is 4.72 Å². The van der Waals surface area contributed by atoms with Gasteiger partial charge in [0.1, 0.15) is 6.10 Å². The number of fused-ring (bicyclic) bond motifs is 5. The summed E-state index contributed by atoms with van der Waals surface area (Å²) in [6.45, 7) is 2.21. The van der Waals surface area contributed by atoms with Crippen molar-refractivity contribution < 1.29 is 36.4 Å². The Morgan fingerprint density at radius 3 is 2.58 bits per heavy atom. The van der Waals surface area contributed by atoms with Gasteiger partial charge >= 0.3 is 16.5 Å². The number of allylic oxidation sites excluding steroid dienone is 2. The standard InChI is InChI=1S/C28H40F3NO5S/c1-26-16-14-22-21-10-9-20(32-38(35,36)37)18-19(21)13-17-27(22,23(26)11-12-24(26)33)15-7-5-3-2-4-6-8-25(34)28(29,30)31/h7,9-10,15,18,22-25,32-34H,2-6,8,11-14,16-17H2,1H3,(H,35,36,37)/t22?,23?,24-,25?,26-,27?/m0/s1. The first-order valence-corrected chi connectivity index (χ1v) is 15.2. The van der Waals surface area contributed by atoms with Gasteiger partial charge in [-0.15, -0.1) is 0 Å². The number of nitrogens with one attached hydrogen (secondary N) is 1. The molecule has 3 aliphatic rings. The summed E-state index contributed by atoms with van der Waals surface area (Å²) < 4.78 is 71.3. The second-order valence-corrected chi connectivity index (χ2v) is 13.0. The van der Waals surface area contributed by atoms with E-state index < -0.39 is 22.6 Å². The van der Waals surface area contributed by atoms with Gasteiger partial charge in [0.2, 0.25) is 0 Å². The second-order valence-electron chi connectivity index (χ2n) is 11.8. The molecule has 0 radical (unpaired) electrons. The molecule has 0 amide bonds. The van der Waals surface area contributed by atoms with E-state index in [9.17, 15) is 31.2 Å². The molecule has 6 nitrogen and oxygen atoms in total. The summed E-state index contributed by atoms with van der Waals surface area (Å²) in [6.07, 6.45) is 5.94. The van der Waals surface area contributed by atoms with Crippen LogP contribution in [0.5, 0.6) is 0 Å². The van der Waals surface area contributed by atoms with Crippen molar-refractivity contribution in [3.05, 3.63) is 41.5 Å². The summed E-state index contributed by atoms with van der Waals surface area (Å²) >= 11 is 0. The Hall–Kier alpha value is -1.62. The summed E-state index contributed by atoms with van der Waals surface area (Å²) in [4.78, 5) is 0. The highest BCUT2D eigenvalue weighted by Gasteiger charge is 2.60. The lowest BCUT2D eigenvalue weighted by atomic mass is 9.47. The third-order valence-corrected chi connectivity index (χ3v) is 10.0. The zero-order valence-electron chi connectivity index (χ0n) is 21.9. The predicted molar refractivity (Wildman–Crippen MR) is 140 cm³/mol. The van der Waals surface area contributed by atoms with Gasteiger partial charge in [-0.3, -0.25) is 9.27 Å². The molecule has 38 heavy (non-hydrogen) atoms. The van der Waals surface area contributed by atoms with Crippen molar-refractivity contribution in [2.45, 2.75) is 108 Å². The van der Waals surface area contributed by atoms with E-state index >= 15 is 0 Å². The molecule has 2 saturated carbocycles. The Morgan fingerprint density at radius 2 is 1.87 bits per heavy atom. The molecule has 3 aliphatic carbocycles. The number of anilines is 1. The van der Waals surface area contributed by atoms with Crippen LogP contribution in [0.15, 0.2) is 30.4 Å². The van der Waals surface area contributed by atoms with Crippen LogP contribution in [0.4, 0.5) is 18.9 Å². The number of alkyl halides is 3. The van der Waals surface area contributed by atoms with Crippen molar-refractivity contribution >= 4 is 16.0 Å². The van der Waals surface area contributed by atoms with E-state index in [4.69, 9.17) is 5.11 Å². The molecular weight excluding hydrogens is 519 g/mol. The highest BCUT2D eigenvalue weighted by molar-refractivity contribution is 7.87. The summed E-state index contributed by atoms with van der Waals surface area (Å²) in [6, 6.07) is 5.47. The molecule has 214 valence electrons. The van der Waals surface area contributed by atoms with Crippen LogP contribution in [0.25, 0.3) is 0 Å². The van der Waals surface area contributed by atoms with Gasteiger partial charge in [0.25, 0.3) is 0 Å². The van der Waals surface area contributed by atoms with Gasteiger partial charge in [-0.2, -0.15) is 21.6 Å². The van der Waals surface area contributed by atoms with E-state index in [0.29, 0.717) is 24.4 Å². The first-order chi connectivity index (χ1) is 17.8. The minimum atomic E-state index is -4.55. The lowest BCUT2D eigenvalue weighted by molar-refractivity contribution is -0.205. The lowest BCUT2D eigenvalue weighted by Crippen LogP contribution is -2.50. The first-order valence-electron chi connectivity index (χ1n) is 13.7. The molecule has 0 aliphatic heterocycles. The zero-order chi connectivity index (χ0) is 27.8. The smallest absolute Gasteiger partial charge is 0.393 e. The van der Waals surface area contributed by atoms with Crippen LogP contribution in [0.2, 0.25) is 0 Å². The zero-order valence-corrected chi connectivity index (χ0v) is 22.7. The topological polar surface area (TPSA) is 107 Å². The van der Waals surface area contributed by atoms with Crippen molar-refractivity contribution in [3.8, 4) is 0 Å². The fourth-order valence-electron chi connectivity index (χ4n) is 7.66.